The van der Waals surface area contributed by atoms with Crippen LogP contribution in [-0.4, -0.2) is 62.8 Å². The van der Waals surface area contributed by atoms with E-state index in [1.807, 2.05) is 0 Å². The quantitative estimate of drug-likeness (QED) is 0.413. The summed E-state index contributed by atoms with van der Waals surface area (Å²) in [5.41, 5.74) is -1.09. The molecule has 6 rings (SSSR count). The lowest BCUT2D eigenvalue weighted by molar-refractivity contribution is -0.297. The normalized spacial score (nSPS) is 62.3. The summed E-state index contributed by atoms with van der Waals surface area (Å²) in [6, 6.07) is 0. The van der Waals surface area contributed by atoms with Crippen molar-refractivity contribution in [3.8, 4) is 0 Å². The van der Waals surface area contributed by atoms with Gasteiger partial charge in [0.25, 0.3) is 0 Å². The summed E-state index contributed by atoms with van der Waals surface area (Å²) < 4.78 is 13.0. The first-order valence-corrected chi connectivity index (χ1v) is 13.3. The van der Waals surface area contributed by atoms with Gasteiger partial charge in [0.1, 0.15) is 11.7 Å². The second-order valence-electron chi connectivity index (χ2n) is 13.0. The molecular weight excluding hydrogens is 420 g/mol. The maximum absolute atomic E-state index is 12.5. The Morgan fingerprint density at radius 1 is 1.03 bits per heavy atom. The minimum absolute atomic E-state index is 0.0307. The fraction of sp³-hybridized carbons (Fsp3) is 0.926. The fourth-order valence-electron chi connectivity index (χ4n) is 9.70. The molecule has 0 bridgehead atoms. The van der Waals surface area contributed by atoms with E-state index in [-0.39, 0.29) is 23.7 Å². The molecule has 2 heterocycles. The Balaban J connectivity index is 1.37. The minimum Gasteiger partial charge on any atom is -0.393 e. The molecule has 3 saturated carbocycles. The molecule has 0 aromatic rings. The molecule has 0 radical (unpaired) electrons. The number of aliphatic hydroxyl groups excluding tert-OH is 3. The number of allylic oxidation sites excluding steroid dienone is 1. The third kappa shape index (κ3) is 2.61. The highest BCUT2D eigenvalue weighted by Crippen LogP contribution is 2.72. The van der Waals surface area contributed by atoms with Crippen molar-refractivity contribution in [3.05, 3.63) is 11.6 Å². The molecule has 13 atom stereocenters. The molecule has 4 aliphatic carbocycles. The van der Waals surface area contributed by atoms with Crippen LogP contribution in [-0.2, 0) is 9.47 Å². The van der Waals surface area contributed by atoms with E-state index >= 15 is 0 Å². The summed E-state index contributed by atoms with van der Waals surface area (Å²) in [7, 11) is 0. The zero-order chi connectivity index (χ0) is 23.6. The largest absolute Gasteiger partial charge is 0.393 e. The molecule has 0 aromatic heterocycles. The monoisotopic (exact) mass is 462 g/mol. The number of fused-ring (bicyclic) bond motifs is 7. The van der Waals surface area contributed by atoms with Crippen LogP contribution in [0.1, 0.15) is 72.6 Å². The summed E-state index contributed by atoms with van der Waals surface area (Å²) in [6.07, 6.45) is 4.83. The maximum atomic E-state index is 12.5. The van der Waals surface area contributed by atoms with Gasteiger partial charge >= 0.3 is 0 Å². The number of aliphatic hydroxyl groups is 4. The van der Waals surface area contributed by atoms with Crippen LogP contribution in [0, 0.1) is 40.4 Å². The van der Waals surface area contributed by atoms with Crippen molar-refractivity contribution in [2.45, 2.75) is 108 Å². The SMILES string of the molecule is CC1CC[C@@]2(OC1)O[C@@H]1[C@H]([C@@H]2C)[C@@]2(C)CC[C@H]3[C@@H](CC=C4C[C@@H](O)C[C@@H](O)[C@@]43C)[C@]2(O)[C@H]1O. The van der Waals surface area contributed by atoms with Gasteiger partial charge in [-0.15, -0.1) is 0 Å². The van der Waals surface area contributed by atoms with Crippen LogP contribution in [0.2, 0.25) is 0 Å². The molecular formula is C27H42O6. The summed E-state index contributed by atoms with van der Waals surface area (Å²) in [6.45, 7) is 9.37. The topological polar surface area (TPSA) is 99.4 Å². The first-order chi connectivity index (χ1) is 15.5. The summed E-state index contributed by atoms with van der Waals surface area (Å²) in [5, 5.41) is 45.7. The summed E-state index contributed by atoms with van der Waals surface area (Å²) in [5.74, 6) is -0.0731. The predicted molar refractivity (Wildman–Crippen MR) is 122 cm³/mol. The predicted octanol–water partition coefficient (Wildman–Crippen LogP) is 2.77. The van der Waals surface area contributed by atoms with Crippen molar-refractivity contribution in [3.63, 3.8) is 0 Å². The Labute approximate surface area is 197 Å². The molecule has 186 valence electrons. The van der Waals surface area contributed by atoms with E-state index in [0.717, 1.165) is 31.3 Å². The zero-order valence-electron chi connectivity index (χ0n) is 20.5. The third-order valence-corrected chi connectivity index (χ3v) is 11.7. The Kier molecular flexibility index (Phi) is 4.89. The Morgan fingerprint density at radius 3 is 2.48 bits per heavy atom. The first kappa shape index (κ1) is 22.9. The number of hydrogen-bond acceptors (Lipinski definition) is 6. The van der Waals surface area contributed by atoms with Crippen molar-refractivity contribution in [2.24, 2.45) is 40.4 Å². The van der Waals surface area contributed by atoms with E-state index < -0.39 is 46.6 Å². The molecule has 2 aliphatic heterocycles. The molecule has 6 aliphatic rings. The van der Waals surface area contributed by atoms with Gasteiger partial charge in [-0.3, -0.25) is 0 Å². The molecule has 6 nitrogen and oxygen atoms in total. The molecule has 0 amide bonds. The van der Waals surface area contributed by atoms with Gasteiger partial charge in [-0.1, -0.05) is 39.3 Å². The molecule has 33 heavy (non-hydrogen) atoms. The molecule has 0 aromatic carbocycles. The van der Waals surface area contributed by atoms with Crippen LogP contribution in [0.4, 0.5) is 0 Å². The lowest BCUT2D eigenvalue weighted by atomic mass is 9.44. The van der Waals surface area contributed by atoms with Crippen molar-refractivity contribution >= 4 is 0 Å². The van der Waals surface area contributed by atoms with Crippen molar-refractivity contribution in [2.75, 3.05) is 6.61 Å². The molecule has 2 saturated heterocycles. The van der Waals surface area contributed by atoms with E-state index in [0.29, 0.717) is 31.8 Å². The highest BCUT2D eigenvalue weighted by Gasteiger charge is 2.78. The minimum atomic E-state index is -1.27. The van der Waals surface area contributed by atoms with E-state index in [4.69, 9.17) is 9.47 Å². The third-order valence-electron chi connectivity index (χ3n) is 11.7. The van der Waals surface area contributed by atoms with Crippen LogP contribution in [0.3, 0.4) is 0 Å². The van der Waals surface area contributed by atoms with Crippen molar-refractivity contribution in [1.29, 1.82) is 0 Å². The number of rotatable bonds is 0. The lowest BCUT2D eigenvalue weighted by Crippen LogP contribution is -2.67. The van der Waals surface area contributed by atoms with E-state index in [1.54, 1.807) is 0 Å². The van der Waals surface area contributed by atoms with Gasteiger partial charge < -0.3 is 29.9 Å². The van der Waals surface area contributed by atoms with Gasteiger partial charge in [-0.05, 0) is 49.9 Å². The Hall–Kier alpha value is -0.500. The van der Waals surface area contributed by atoms with Gasteiger partial charge in [0.2, 0.25) is 0 Å². The molecule has 1 spiro atoms. The average molecular weight is 463 g/mol. The molecule has 5 fully saturated rings. The van der Waals surface area contributed by atoms with E-state index in [9.17, 15) is 20.4 Å². The molecule has 1 unspecified atom stereocenters. The standard InChI is InChI=1S/C27H42O6/c1-14-7-10-26(32-13-14)15(2)21-22(33-26)23(30)27(31)19-6-5-16-11-17(28)12-20(29)25(16,4)18(19)8-9-24(21,27)3/h5,14-15,17-23,28-31H,6-13H2,1-4H3/t14?,15-,17+,18-,19+,20+,21-,22+,23-,24+,25-,26+,27-/m0/s1. The van der Waals surface area contributed by atoms with Gasteiger partial charge in [-0.25, -0.2) is 0 Å². The van der Waals surface area contributed by atoms with Crippen LogP contribution in [0.5, 0.6) is 0 Å². The van der Waals surface area contributed by atoms with Crippen LogP contribution in [0.15, 0.2) is 11.6 Å². The second-order valence-corrected chi connectivity index (χ2v) is 13.0. The zero-order valence-corrected chi connectivity index (χ0v) is 20.5. The second kappa shape index (κ2) is 7.04. The highest BCUT2D eigenvalue weighted by atomic mass is 16.7. The highest BCUT2D eigenvalue weighted by molar-refractivity contribution is 5.32. The van der Waals surface area contributed by atoms with Crippen molar-refractivity contribution < 1.29 is 29.9 Å². The van der Waals surface area contributed by atoms with Gasteiger partial charge in [0.05, 0.1) is 24.9 Å². The van der Waals surface area contributed by atoms with E-state index in [1.165, 1.54) is 0 Å². The first-order valence-electron chi connectivity index (χ1n) is 13.3. The fourth-order valence-corrected chi connectivity index (χ4v) is 9.70. The Morgan fingerprint density at radius 2 is 1.79 bits per heavy atom. The summed E-state index contributed by atoms with van der Waals surface area (Å²) >= 11 is 0. The van der Waals surface area contributed by atoms with Crippen LogP contribution in [0.25, 0.3) is 0 Å². The Bertz CT molecular complexity index is 850. The van der Waals surface area contributed by atoms with Crippen molar-refractivity contribution in [1.82, 2.24) is 0 Å². The van der Waals surface area contributed by atoms with Gasteiger partial charge in [0.15, 0.2) is 5.79 Å². The van der Waals surface area contributed by atoms with Gasteiger partial charge in [0, 0.05) is 35.5 Å². The van der Waals surface area contributed by atoms with Gasteiger partial charge in [-0.2, -0.15) is 0 Å². The number of hydrogen-bond donors (Lipinski definition) is 4. The smallest absolute Gasteiger partial charge is 0.171 e. The van der Waals surface area contributed by atoms with Crippen LogP contribution >= 0.6 is 0 Å². The molecule has 4 N–H and O–H groups in total. The van der Waals surface area contributed by atoms with Crippen LogP contribution < -0.4 is 0 Å². The summed E-state index contributed by atoms with van der Waals surface area (Å²) in [4.78, 5) is 0. The maximum Gasteiger partial charge on any atom is 0.171 e. The average Bonchev–Trinajstić information content (AvgIpc) is 3.14. The number of ether oxygens (including phenoxy) is 2. The molecule has 6 heteroatoms. The lowest BCUT2D eigenvalue weighted by Gasteiger charge is -2.63. The van der Waals surface area contributed by atoms with E-state index in [2.05, 4.69) is 33.8 Å².